The lowest BCUT2D eigenvalue weighted by Gasteiger charge is -1.98. The number of carboxylic acids is 1. The second-order valence-corrected chi connectivity index (χ2v) is 7.53. The van der Waals surface area contributed by atoms with Gasteiger partial charge in [-0.1, -0.05) is 81.9 Å². The molecule has 1 saturated heterocycles. The summed E-state index contributed by atoms with van der Waals surface area (Å²) >= 11 is 0. The maximum absolute atomic E-state index is 10.4. The zero-order valence-electron chi connectivity index (χ0n) is 17.3. The van der Waals surface area contributed by atoms with Gasteiger partial charge in [0.25, 0.3) is 0 Å². The van der Waals surface area contributed by atoms with E-state index >= 15 is 0 Å². The first-order valence-corrected chi connectivity index (χ1v) is 11.1. The SMILES string of the molecule is CCCCCCCCCC=CCC1OC1CC=CCC=CCCCC(=O)O. The molecule has 0 amide bonds. The molecule has 1 rings (SSSR count). The van der Waals surface area contributed by atoms with E-state index in [1.807, 2.05) is 0 Å². The Morgan fingerprint density at radius 3 is 2.04 bits per heavy atom. The summed E-state index contributed by atoms with van der Waals surface area (Å²) < 4.78 is 5.71. The number of hydrogen-bond donors (Lipinski definition) is 1. The number of aliphatic carboxylic acids is 1. The van der Waals surface area contributed by atoms with E-state index in [9.17, 15) is 4.79 Å². The lowest BCUT2D eigenvalue weighted by atomic mass is 10.1. The number of epoxide rings is 1. The van der Waals surface area contributed by atoms with Crippen LogP contribution in [0.25, 0.3) is 0 Å². The molecule has 1 aliphatic heterocycles. The molecule has 1 heterocycles. The predicted molar refractivity (Wildman–Crippen MR) is 114 cm³/mol. The van der Waals surface area contributed by atoms with Gasteiger partial charge in [0.15, 0.2) is 0 Å². The van der Waals surface area contributed by atoms with E-state index in [1.54, 1.807) is 0 Å². The zero-order valence-corrected chi connectivity index (χ0v) is 17.3. The molecule has 1 fully saturated rings. The molecule has 0 saturated carbocycles. The molecule has 1 aliphatic rings. The highest BCUT2D eigenvalue weighted by Crippen LogP contribution is 2.29. The van der Waals surface area contributed by atoms with Gasteiger partial charge in [0, 0.05) is 6.42 Å². The summed E-state index contributed by atoms with van der Waals surface area (Å²) in [6, 6.07) is 0. The first-order chi connectivity index (χ1) is 13.2. The molecule has 0 aromatic carbocycles. The van der Waals surface area contributed by atoms with Crippen LogP contribution in [0.2, 0.25) is 0 Å². The van der Waals surface area contributed by atoms with E-state index in [0.717, 1.165) is 32.1 Å². The van der Waals surface area contributed by atoms with Gasteiger partial charge in [-0.05, 0) is 44.9 Å². The van der Waals surface area contributed by atoms with Crippen LogP contribution in [0.5, 0.6) is 0 Å². The maximum atomic E-state index is 10.4. The van der Waals surface area contributed by atoms with E-state index < -0.39 is 5.97 Å². The lowest BCUT2D eigenvalue weighted by molar-refractivity contribution is -0.137. The van der Waals surface area contributed by atoms with Crippen LogP contribution in [-0.4, -0.2) is 23.3 Å². The minimum atomic E-state index is -0.713. The quantitative estimate of drug-likeness (QED) is 0.159. The summed E-state index contributed by atoms with van der Waals surface area (Å²) in [5.74, 6) is -0.713. The van der Waals surface area contributed by atoms with Gasteiger partial charge in [0.1, 0.15) is 0 Å². The molecule has 1 N–H and O–H groups in total. The van der Waals surface area contributed by atoms with Gasteiger partial charge >= 0.3 is 5.97 Å². The predicted octanol–water partition coefficient (Wildman–Crippen LogP) is 6.99. The van der Waals surface area contributed by atoms with Crippen molar-refractivity contribution in [3.05, 3.63) is 36.5 Å². The van der Waals surface area contributed by atoms with Crippen molar-refractivity contribution in [3.8, 4) is 0 Å². The molecular formula is C24H40O3. The number of rotatable bonds is 18. The second-order valence-electron chi connectivity index (χ2n) is 7.53. The van der Waals surface area contributed by atoms with Gasteiger partial charge in [-0.25, -0.2) is 0 Å². The Bertz CT molecular complexity index is 451. The van der Waals surface area contributed by atoms with Crippen molar-refractivity contribution >= 4 is 5.97 Å². The first-order valence-electron chi connectivity index (χ1n) is 11.1. The van der Waals surface area contributed by atoms with Crippen LogP contribution in [0.3, 0.4) is 0 Å². The van der Waals surface area contributed by atoms with Crippen molar-refractivity contribution in [3.63, 3.8) is 0 Å². The van der Waals surface area contributed by atoms with E-state index in [-0.39, 0.29) is 6.42 Å². The summed E-state index contributed by atoms with van der Waals surface area (Å²) in [5, 5.41) is 8.55. The van der Waals surface area contributed by atoms with E-state index in [1.165, 1.54) is 51.4 Å². The maximum Gasteiger partial charge on any atom is 0.303 e. The molecule has 3 heteroatoms. The minimum absolute atomic E-state index is 0.258. The molecule has 27 heavy (non-hydrogen) atoms. The van der Waals surface area contributed by atoms with Gasteiger partial charge in [-0.3, -0.25) is 4.79 Å². The smallest absolute Gasteiger partial charge is 0.303 e. The molecule has 0 radical (unpaired) electrons. The largest absolute Gasteiger partial charge is 0.481 e. The molecule has 2 atom stereocenters. The average molecular weight is 377 g/mol. The zero-order chi connectivity index (χ0) is 19.6. The summed E-state index contributed by atoms with van der Waals surface area (Å²) in [6.07, 6.45) is 29.6. The van der Waals surface area contributed by atoms with Crippen molar-refractivity contribution in [2.75, 3.05) is 0 Å². The first kappa shape index (κ1) is 23.7. The standard InChI is InChI=1S/C24H40O3/c1-2-3-4-5-6-7-8-10-13-16-19-22-23(27-22)20-17-14-11-9-12-15-18-21-24(25)26/h9,12-14,16-17,22-23H,2-8,10-11,15,18-21H2,1H3,(H,25,26). The summed E-state index contributed by atoms with van der Waals surface area (Å²) in [5.41, 5.74) is 0. The van der Waals surface area contributed by atoms with E-state index in [0.29, 0.717) is 12.2 Å². The van der Waals surface area contributed by atoms with Crippen LogP contribution in [-0.2, 0) is 9.53 Å². The number of carbonyl (C=O) groups is 1. The van der Waals surface area contributed by atoms with Gasteiger partial charge in [0.05, 0.1) is 12.2 Å². The van der Waals surface area contributed by atoms with Gasteiger partial charge < -0.3 is 9.84 Å². The topological polar surface area (TPSA) is 49.8 Å². The van der Waals surface area contributed by atoms with Crippen LogP contribution in [0, 0.1) is 0 Å². The van der Waals surface area contributed by atoms with Crippen molar-refractivity contribution in [2.24, 2.45) is 0 Å². The average Bonchev–Trinajstić information content (AvgIpc) is 3.40. The van der Waals surface area contributed by atoms with E-state index in [4.69, 9.17) is 9.84 Å². The molecule has 2 unspecified atom stereocenters. The highest BCUT2D eigenvalue weighted by Gasteiger charge is 2.35. The normalized spacial score (nSPS) is 19.6. The monoisotopic (exact) mass is 376 g/mol. The van der Waals surface area contributed by atoms with Gasteiger partial charge in [-0.2, -0.15) is 0 Å². The Kier molecular flexibility index (Phi) is 14.7. The Hall–Kier alpha value is -1.35. The fourth-order valence-electron chi connectivity index (χ4n) is 3.15. The number of unbranched alkanes of at least 4 members (excludes halogenated alkanes) is 8. The number of hydrogen-bond acceptors (Lipinski definition) is 2. The Morgan fingerprint density at radius 2 is 1.33 bits per heavy atom. The third kappa shape index (κ3) is 15.4. The van der Waals surface area contributed by atoms with Crippen molar-refractivity contribution in [1.29, 1.82) is 0 Å². The molecule has 154 valence electrons. The molecule has 3 nitrogen and oxygen atoms in total. The van der Waals surface area contributed by atoms with Crippen LogP contribution in [0.15, 0.2) is 36.5 Å². The third-order valence-electron chi connectivity index (χ3n) is 4.93. The Balaban J connectivity index is 1.87. The number of allylic oxidation sites excluding steroid dienone is 4. The van der Waals surface area contributed by atoms with Gasteiger partial charge in [-0.15, -0.1) is 0 Å². The van der Waals surface area contributed by atoms with Crippen LogP contribution in [0.4, 0.5) is 0 Å². The molecule has 0 aromatic rings. The number of carboxylic acid groups (broad SMARTS) is 1. The molecule has 0 bridgehead atoms. The van der Waals surface area contributed by atoms with Crippen molar-refractivity contribution in [2.45, 2.75) is 109 Å². The highest BCUT2D eigenvalue weighted by molar-refractivity contribution is 5.66. The van der Waals surface area contributed by atoms with Gasteiger partial charge in [0.2, 0.25) is 0 Å². The second kappa shape index (κ2) is 16.8. The molecule has 0 spiro atoms. The van der Waals surface area contributed by atoms with E-state index in [2.05, 4.69) is 43.4 Å². The Morgan fingerprint density at radius 1 is 0.778 bits per heavy atom. The summed E-state index contributed by atoms with van der Waals surface area (Å²) in [6.45, 7) is 2.27. The number of ether oxygens (including phenoxy) is 1. The van der Waals surface area contributed by atoms with Crippen LogP contribution < -0.4 is 0 Å². The highest BCUT2D eigenvalue weighted by atomic mass is 16.6. The fraction of sp³-hybridized carbons (Fsp3) is 0.708. The molecule has 0 aromatic heterocycles. The summed E-state index contributed by atoms with van der Waals surface area (Å²) in [7, 11) is 0. The van der Waals surface area contributed by atoms with Crippen LogP contribution >= 0.6 is 0 Å². The fourth-order valence-corrected chi connectivity index (χ4v) is 3.15. The van der Waals surface area contributed by atoms with Crippen molar-refractivity contribution < 1.29 is 14.6 Å². The Labute approximate surface area is 166 Å². The molecule has 0 aliphatic carbocycles. The van der Waals surface area contributed by atoms with Crippen molar-refractivity contribution in [1.82, 2.24) is 0 Å². The summed E-state index contributed by atoms with van der Waals surface area (Å²) in [4.78, 5) is 10.4. The lowest BCUT2D eigenvalue weighted by Crippen LogP contribution is -1.92. The minimum Gasteiger partial charge on any atom is -0.481 e. The van der Waals surface area contributed by atoms with Crippen LogP contribution in [0.1, 0.15) is 96.8 Å². The third-order valence-corrected chi connectivity index (χ3v) is 4.93. The molecular weight excluding hydrogens is 336 g/mol.